The largest absolute Gasteiger partial charge is 0.435 e. The summed E-state index contributed by atoms with van der Waals surface area (Å²) in [6, 6.07) is 7.08. The molecule has 0 fully saturated rings. The van der Waals surface area contributed by atoms with Crippen LogP contribution in [0, 0.1) is 0 Å². The van der Waals surface area contributed by atoms with Crippen LogP contribution in [0.3, 0.4) is 0 Å². The van der Waals surface area contributed by atoms with Crippen LogP contribution in [0.5, 0.6) is 5.75 Å². The van der Waals surface area contributed by atoms with Gasteiger partial charge in [-0.2, -0.15) is 8.78 Å². The lowest BCUT2D eigenvalue weighted by molar-refractivity contribution is -0.0499. The van der Waals surface area contributed by atoms with E-state index in [2.05, 4.69) is 15.0 Å². The standard InChI is InChI=1S/C15H13ClF2N2O3/c16-12-7-19-5-4-11(12)14(22)20-8-13(21)9-2-1-3-10(6-9)23-15(17)18/h1-7,13,15,21H,8H2,(H,20,22)/t13-/m1/s1. The maximum absolute atomic E-state index is 12.2. The minimum Gasteiger partial charge on any atom is -0.435 e. The molecule has 0 saturated carbocycles. The summed E-state index contributed by atoms with van der Waals surface area (Å²) in [7, 11) is 0. The number of halogens is 3. The number of hydrogen-bond acceptors (Lipinski definition) is 4. The number of carbonyl (C=O) groups is 1. The van der Waals surface area contributed by atoms with Crippen LogP contribution >= 0.6 is 11.6 Å². The Morgan fingerprint density at radius 2 is 2.17 bits per heavy atom. The maximum Gasteiger partial charge on any atom is 0.387 e. The second kappa shape index (κ2) is 7.85. The lowest BCUT2D eigenvalue weighted by Crippen LogP contribution is -2.28. The van der Waals surface area contributed by atoms with Gasteiger partial charge >= 0.3 is 6.61 Å². The first-order chi connectivity index (χ1) is 11.0. The molecule has 23 heavy (non-hydrogen) atoms. The van der Waals surface area contributed by atoms with Crippen molar-refractivity contribution in [3.63, 3.8) is 0 Å². The number of nitrogens with one attached hydrogen (secondary N) is 1. The fraction of sp³-hybridized carbons (Fsp3) is 0.200. The van der Waals surface area contributed by atoms with E-state index >= 15 is 0 Å². The van der Waals surface area contributed by atoms with Crippen molar-refractivity contribution in [2.24, 2.45) is 0 Å². The molecule has 1 amide bonds. The van der Waals surface area contributed by atoms with Gasteiger partial charge in [0.25, 0.3) is 5.91 Å². The van der Waals surface area contributed by atoms with Gasteiger partial charge in [0.2, 0.25) is 0 Å². The fourth-order valence-electron chi connectivity index (χ4n) is 1.86. The number of alkyl halides is 2. The van der Waals surface area contributed by atoms with Crippen LogP contribution in [0.15, 0.2) is 42.7 Å². The molecule has 1 atom stereocenters. The number of pyridine rings is 1. The summed E-state index contributed by atoms with van der Waals surface area (Å²) in [5.74, 6) is -0.545. The summed E-state index contributed by atoms with van der Waals surface area (Å²) >= 11 is 5.85. The topological polar surface area (TPSA) is 71.5 Å². The van der Waals surface area contributed by atoms with Crippen LogP contribution in [0.2, 0.25) is 5.02 Å². The average Bonchev–Trinajstić information content (AvgIpc) is 2.52. The van der Waals surface area contributed by atoms with Crippen molar-refractivity contribution in [1.82, 2.24) is 10.3 Å². The molecule has 122 valence electrons. The third kappa shape index (κ3) is 4.87. The van der Waals surface area contributed by atoms with Gasteiger partial charge < -0.3 is 15.2 Å². The fourth-order valence-corrected chi connectivity index (χ4v) is 2.06. The molecule has 2 N–H and O–H groups in total. The van der Waals surface area contributed by atoms with Gasteiger partial charge in [-0.25, -0.2) is 0 Å². The summed E-state index contributed by atoms with van der Waals surface area (Å²) in [5, 5.41) is 12.7. The number of ether oxygens (including phenoxy) is 1. The predicted molar refractivity (Wildman–Crippen MR) is 79.6 cm³/mol. The Labute approximate surface area is 135 Å². The Hall–Kier alpha value is -2.25. The molecule has 1 heterocycles. The van der Waals surface area contributed by atoms with Crippen molar-refractivity contribution in [2.45, 2.75) is 12.7 Å². The molecule has 0 aliphatic carbocycles. The molecular weight excluding hydrogens is 330 g/mol. The monoisotopic (exact) mass is 342 g/mol. The number of carbonyl (C=O) groups excluding carboxylic acids is 1. The zero-order chi connectivity index (χ0) is 16.8. The average molecular weight is 343 g/mol. The van der Waals surface area contributed by atoms with Gasteiger partial charge in [0.1, 0.15) is 5.75 Å². The van der Waals surface area contributed by atoms with Gasteiger partial charge in [0.05, 0.1) is 16.7 Å². The third-order valence-corrected chi connectivity index (χ3v) is 3.24. The van der Waals surface area contributed by atoms with E-state index in [-0.39, 0.29) is 22.9 Å². The normalized spacial score (nSPS) is 12.0. The highest BCUT2D eigenvalue weighted by atomic mass is 35.5. The second-order valence-electron chi connectivity index (χ2n) is 4.53. The Morgan fingerprint density at radius 3 is 2.87 bits per heavy atom. The minimum absolute atomic E-state index is 0.0694. The molecule has 1 aromatic heterocycles. The number of nitrogens with zero attached hydrogens (tertiary/aromatic N) is 1. The van der Waals surface area contributed by atoms with Gasteiger partial charge in [-0.05, 0) is 23.8 Å². The van der Waals surface area contributed by atoms with E-state index in [0.717, 1.165) is 0 Å². The first-order valence-corrected chi connectivity index (χ1v) is 6.95. The summed E-state index contributed by atoms with van der Waals surface area (Å²) in [5.41, 5.74) is 0.563. The molecule has 0 unspecified atom stereocenters. The van der Waals surface area contributed by atoms with Crippen LogP contribution in [0.1, 0.15) is 22.0 Å². The van der Waals surface area contributed by atoms with Crippen molar-refractivity contribution in [2.75, 3.05) is 6.54 Å². The molecule has 0 aliphatic rings. The first-order valence-electron chi connectivity index (χ1n) is 6.58. The smallest absolute Gasteiger partial charge is 0.387 e. The third-order valence-electron chi connectivity index (χ3n) is 2.94. The zero-order valence-electron chi connectivity index (χ0n) is 11.7. The molecule has 2 aromatic rings. The molecule has 1 aromatic carbocycles. The van der Waals surface area contributed by atoms with E-state index in [9.17, 15) is 18.7 Å². The number of amides is 1. The van der Waals surface area contributed by atoms with E-state index in [1.165, 1.54) is 42.7 Å². The molecule has 0 saturated heterocycles. The van der Waals surface area contributed by atoms with Crippen LogP contribution in [-0.4, -0.2) is 29.2 Å². The van der Waals surface area contributed by atoms with Crippen LogP contribution in [0.25, 0.3) is 0 Å². The molecule has 5 nitrogen and oxygen atoms in total. The van der Waals surface area contributed by atoms with E-state index in [4.69, 9.17) is 11.6 Å². The van der Waals surface area contributed by atoms with Crippen LogP contribution in [0.4, 0.5) is 8.78 Å². The number of aromatic nitrogens is 1. The summed E-state index contributed by atoms with van der Waals surface area (Å²) in [6.07, 6.45) is 1.67. The number of aliphatic hydroxyl groups is 1. The highest BCUT2D eigenvalue weighted by Crippen LogP contribution is 2.21. The number of benzene rings is 1. The zero-order valence-corrected chi connectivity index (χ0v) is 12.5. The van der Waals surface area contributed by atoms with Crippen molar-refractivity contribution in [1.29, 1.82) is 0 Å². The van der Waals surface area contributed by atoms with Crippen LogP contribution < -0.4 is 10.1 Å². The van der Waals surface area contributed by atoms with Crippen molar-refractivity contribution in [3.8, 4) is 5.75 Å². The predicted octanol–water partition coefficient (Wildman–Crippen LogP) is 2.80. The summed E-state index contributed by atoms with van der Waals surface area (Å²) in [4.78, 5) is 15.7. The van der Waals surface area contributed by atoms with E-state index in [1.54, 1.807) is 0 Å². The summed E-state index contributed by atoms with van der Waals surface area (Å²) in [6.45, 7) is -3.06. The van der Waals surface area contributed by atoms with Crippen molar-refractivity contribution in [3.05, 3.63) is 58.9 Å². The Kier molecular flexibility index (Phi) is 5.84. The lowest BCUT2D eigenvalue weighted by Gasteiger charge is -2.14. The molecule has 0 spiro atoms. The number of hydrogen-bond donors (Lipinski definition) is 2. The quantitative estimate of drug-likeness (QED) is 0.846. The van der Waals surface area contributed by atoms with E-state index < -0.39 is 18.6 Å². The minimum atomic E-state index is -2.95. The van der Waals surface area contributed by atoms with E-state index in [0.29, 0.717) is 5.56 Å². The van der Waals surface area contributed by atoms with Gasteiger partial charge in [-0.3, -0.25) is 9.78 Å². The Balaban J connectivity index is 1.98. The molecular formula is C15H13ClF2N2O3. The van der Waals surface area contributed by atoms with Gasteiger partial charge in [-0.1, -0.05) is 23.7 Å². The lowest BCUT2D eigenvalue weighted by atomic mass is 10.1. The van der Waals surface area contributed by atoms with Gasteiger partial charge in [0, 0.05) is 18.9 Å². The highest BCUT2D eigenvalue weighted by Gasteiger charge is 2.14. The van der Waals surface area contributed by atoms with Gasteiger partial charge in [0.15, 0.2) is 0 Å². The number of aliphatic hydroxyl groups excluding tert-OH is 1. The second-order valence-corrected chi connectivity index (χ2v) is 4.94. The molecule has 0 bridgehead atoms. The SMILES string of the molecule is O=C(NC[C@@H](O)c1cccc(OC(F)F)c1)c1ccncc1Cl. The molecule has 0 aliphatic heterocycles. The maximum atomic E-state index is 12.2. The van der Waals surface area contributed by atoms with E-state index in [1.807, 2.05) is 0 Å². The first kappa shape index (κ1) is 17.1. The van der Waals surface area contributed by atoms with Gasteiger partial charge in [-0.15, -0.1) is 0 Å². The highest BCUT2D eigenvalue weighted by molar-refractivity contribution is 6.33. The molecule has 0 radical (unpaired) electrons. The summed E-state index contributed by atoms with van der Waals surface area (Å²) < 4.78 is 28.6. The Bertz CT molecular complexity index is 685. The van der Waals surface area contributed by atoms with Crippen molar-refractivity contribution < 1.29 is 23.4 Å². The van der Waals surface area contributed by atoms with Crippen molar-refractivity contribution >= 4 is 17.5 Å². The van der Waals surface area contributed by atoms with Crippen LogP contribution in [-0.2, 0) is 0 Å². The molecule has 2 rings (SSSR count). The Morgan fingerprint density at radius 1 is 1.39 bits per heavy atom. The molecule has 8 heteroatoms. The number of rotatable bonds is 6.